The van der Waals surface area contributed by atoms with E-state index in [4.69, 9.17) is 10.00 Å². The van der Waals surface area contributed by atoms with E-state index < -0.39 is 5.82 Å². The zero-order valence-corrected chi connectivity index (χ0v) is 9.77. The third kappa shape index (κ3) is 3.41. The topological polar surface area (TPSA) is 33.0 Å². The Balaban J connectivity index is 1.95. The van der Waals surface area contributed by atoms with Gasteiger partial charge in [-0.15, -0.1) is 0 Å². The maximum Gasteiger partial charge on any atom is 0.124 e. The first-order valence-electron chi connectivity index (χ1n) is 5.59. The maximum atomic E-state index is 13.2. The van der Waals surface area contributed by atoms with Crippen LogP contribution in [0.1, 0.15) is 16.7 Å². The molecule has 0 aliphatic rings. The minimum absolute atomic E-state index is 0.293. The average molecular weight is 241 g/mol. The van der Waals surface area contributed by atoms with E-state index in [1.807, 2.05) is 36.4 Å². The third-order valence-corrected chi connectivity index (χ3v) is 2.47. The number of hydrogen-bond acceptors (Lipinski definition) is 2. The first-order valence-corrected chi connectivity index (χ1v) is 5.59. The maximum absolute atomic E-state index is 13.2. The molecule has 0 spiro atoms. The van der Waals surface area contributed by atoms with Gasteiger partial charge in [-0.3, -0.25) is 0 Å². The summed E-state index contributed by atoms with van der Waals surface area (Å²) in [4.78, 5) is 0. The van der Waals surface area contributed by atoms with E-state index in [0.717, 1.165) is 5.56 Å². The van der Waals surface area contributed by atoms with Crippen molar-refractivity contribution >= 4 is 0 Å². The largest absolute Gasteiger partial charge is 0.372 e. The zero-order chi connectivity index (χ0) is 12.8. The molecule has 0 saturated carbocycles. The molecule has 2 aromatic rings. The quantitative estimate of drug-likeness (QED) is 0.821. The highest BCUT2D eigenvalue weighted by Gasteiger charge is 2.01. The lowest BCUT2D eigenvalue weighted by Gasteiger charge is -2.05. The van der Waals surface area contributed by atoms with Crippen LogP contribution in [0.5, 0.6) is 0 Å². The zero-order valence-electron chi connectivity index (χ0n) is 9.77. The fourth-order valence-corrected chi connectivity index (χ4v) is 1.66. The molecule has 0 heterocycles. The Kier molecular flexibility index (Phi) is 4.06. The van der Waals surface area contributed by atoms with Gasteiger partial charge in [0, 0.05) is 0 Å². The predicted molar refractivity (Wildman–Crippen MR) is 66.1 cm³/mol. The summed E-state index contributed by atoms with van der Waals surface area (Å²) in [5.74, 6) is -0.410. The van der Waals surface area contributed by atoms with E-state index >= 15 is 0 Å². The second-order valence-corrected chi connectivity index (χ2v) is 3.94. The second kappa shape index (κ2) is 5.95. The Morgan fingerprint density at radius 3 is 2.44 bits per heavy atom. The molecule has 3 heteroatoms. The number of benzene rings is 2. The van der Waals surface area contributed by atoms with Gasteiger partial charge in [0.1, 0.15) is 5.82 Å². The second-order valence-electron chi connectivity index (χ2n) is 3.94. The molecule has 2 nitrogen and oxygen atoms in total. The number of halogens is 1. The summed E-state index contributed by atoms with van der Waals surface area (Å²) in [6, 6.07) is 15.9. The minimum Gasteiger partial charge on any atom is -0.372 e. The SMILES string of the molecule is N#Cc1cc(F)cc(COCc2ccccc2)c1. The lowest BCUT2D eigenvalue weighted by atomic mass is 10.1. The molecule has 2 rings (SSSR count). The lowest BCUT2D eigenvalue weighted by molar-refractivity contribution is 0.107. The summed E-state index contributed by atoms with van der Waals surface area (Å²) in [6.07, 6.45) is 0. The number of hydrogen-bond donors (Lipinski definition) is 0. The summed E-state index contributed by atoms with van der Waals surface area (Å²) in [6.45, 7) is 0.764. The van der Waals surface area contributed by atoms with Crippen LogP contribution in [0.15, 0.2) is 48.5 Å². The van der Waals surface area contributed by atoms with Crippen molar-refractivity contribution in [2.75, 3.05) is 0 Å². The third-order valence-electron chi connectivity index (χ3n) is 2.47. The molecule has 0 N–H and O–H groups in total. The van der Waals surface area contributed by atoms with Crippen molar-refractivity contribution in [2.24, 2.45) is 0 Å². The molecule has 0 fully saturated rings. The molecule has 0 aliphatic heterocycles. The smallest absolute Gasteiger partial charge is 0.124 e. The van der Waals surface area contributed by atoms with Gasteiger partial charge in [-0.2, -0.15) is 5.26 Å². The van der Waals surface area contributed by atoms with Crippen LogP contribution >= 0.6 is 0 Å². The van der Waals surface area contributed by atoms with Gasteiger partial charge in [0.15, 0.2) is 0 Å². The van der Waals surface area contributed by atoms with Crippen molar-refractivity contribution in [2.45, 2.75) is 13.2 Å². The van der Waals surface area contributed by atoms with Crippen molar-refractivity contribution in [1.82, 2.24) is 0 Å². The molecule has 90 valence electrons. The molecule has 0 unspecified atom stereocenters. The molecule has 0 amide bonds. The predicted octanol–water partition coefficient (Wildman–Crippen LogP) is 3.41. The van der Waals surface area contributed by atoms with E-state index in [-0.39, 0.29) is 0 Å². The van der Waals surface area contributed by atoms with Crippen LogP contribution in [0.3, 0.4) is 0 Å². The van der Waals surface area contributed by atoms with Gasteiger partial charge < -0.3 is 4.74 Å². The van der Waals surface area contributed by atoms with E-state index in [9.17, 15) is 4.39 Å². The number of ether oxygens (including phenoxy) is 1. The van der Waals surface area contributed by atoms with Crippen LogP contribution in [0.4, 0.5) is 4.39 Å². The van der Waals surface area contributed by atoms with Crippen LogP contribution in [0, 0.1) is 17.1 Å². The number of nitrogens with zero attached hydrogens (tertiary/aromatic N) is 1. The molecule has 2 aromatic carbocycles. The van der Waals surface area contributed by atoms with E-state index in [2.05, 4.69) is 0 Å². The standard InChI is InChI=1S/C15H12FNO/c16-15-7-13(9-17)6-14(8-15)11-18-10-12-4-2-1-3-5-12/h1-8H,10-11H2. The van der Waals surface area contributed by atoms with Crippen LogP contribution in [0.25, 0.3) is 0 Å². The molecular weight excluding hydrogens is 229 g/mol. The van der Waals surface area contributed by atoms with Crippen molar-refractivity contribution in [3.05, 3.63) is 71.0 Å². The molecular formula is C15H12FNO. The van der Waals surface area contributed by atoms with Crippen molar-refractivity contribution < 1.29 is 9.13 Å². The summed E-state index contributed by atoms with van der Waals surface area (Å²) in [7, 11) is 0. The Morgan fingerprint density at radius 1 is 1.00 bits per heavy atom. The fourth-order valence-electron chi connectivity index (χ4n) is 1.66. The number of rotatable bonds is 4. The van der Waals surface area contributed by atoms with Gasteiger partial charge in [-0.25, -0.2) is 4.39 Å². The summed E-state index contributed by atoms with van der Waals surface area (Å²) in [5, 5.41) is 8.73. The summed E-state index contributed by atoms with van der Waals surface area (Å²) in [5.41, 5.74) is 2.05. The molecule has 0 atom stereocenters. The molecule has 0 aromatic heterocycles. The normalized spacial score (nSPS) is 10.0. The molecule has 0 saturated heterocycles. The molecule has 0 radical (unpaired) electrons. The minimum atomic E-state index is -0.410. The highest BCUT2D eigenvalue weighted by molar-refractivity contribution is 5.33. The van der Waals surface area contributed by atoms with E-state index in [0.29, 0.717) is 24.3 Å². The Labute approximate surface area is 105 Å². The highest BCUT2D eigenvalue weighted by atomic mass is 19.1. The first-order chi connectivity index (χ1) is 8.78. The molecule has 0 aliphatic carbocycles. The van der Waals surface area contributed by atoms with Crippen molar-refractivity contribution in [3.63, 3.8) is 0 Å². The van der Waals surface area contributed by atoms with Gasteiger partial charge in [0.25, 0.3) is 0 Å². The van der Waals surface area contributed by atoms with Crippen LogP contribution in [-0.4, -0.2) is 0 Å². The highest BCUT2D eigenvalue weighted by Crippen LogP contribution is 2.11. The Morgan fingerprint density at radius 2 is 1.72 bits per heavy atom. The van der Waals surface area contributed by atoms with Crippen molar-refractivity contribution in [1.29, 1.82) is 5.26 Å². The molecule has 0 bridgehead atoms. The van der Waals surface area contributed by atoms with Crippen molar-refractivity contribution in [3.8, 4) is 6.07 Å². The average Bonchev–Trinajstić information content (AvgIpc) is 2.39. The summed E-state index contributed by atoms with van der Waals surface area (Å²) < 4.78 is 18.6. The van der Waals surface area contributed by atoms with Gasteiger partial charge in [-0.1, -0.05) is 30.3 Å². The summed E-state index contributed by atoms with van der Waals surface area (Å²) >= 11 is 0. The first kappa shape index (κ1) is 12.3. The van der Waals surface area contributed by atoms with E-state index in [1.54, 1.807) is 6.07 Å². The van der Waals surface area contributed by atoms with Gasteiger partial charge in [-0.05, 0) is 29.3 Å². The van der Waals surface area contributed by atoms with Gasteiger partial charge >= 0.3 is 0 Å². The monoisotopic (exact) mass is 241 g/mol. The lowest BCUT2D eigenvalue weighted by Crippen LogP contribution is -1.95. The Bertz CT molecular complexity index is 560. The van der Waals surface area contributed by atoms with Gasteiger partial charge in [0.05, 0.1) is 24.8 Å². The number of nitriles is 1. The Hall–Kier alpha value is -2.18. The fraction of sp³-hybridized carbons (Fsp3) is 0.133. The van der Waals surface area contributed by atoms with Gasteiger partial charge in [0.2, 0.25) is 0 Å². The van der Waals surface area contributed by atoms with E-state index in [1.165, 1.54) is 12.1 Å². The molecule has 18 heavy (non-hydrogen) atoms. The van der Waals surface area contributed by atoms with Crippen LogP contribution in [-0.2, 0) is 18.0 Å². The van der Waals surface area contributed by atoms with Crippen LogP contribution in [0.2, 0.25) is 0 Å². The van der Waals surface area contributed by atoms with Crippen LogP contribution < -0.4 is 0 Å².